The first-order valence-corrected chi connectivity index (χ1v) is 12.4. The Morgan fingerprint density at radius 1 is 1.29 bits per heavy atom. The van der Waals surface area contributed by atoms with Crippen molar-refractivity contribution >= 4 is 15.9 Å². The number of amides is 1. The summed E-state index contributed by atoms with van der Waals surface area (Å²) >= 11 is 0. The Morgan fingerprint density at radius 2 is 1.97 bits per heavy atom. The molecular formula is C24H34N2O7S. The number of rotatable bonds is 11. The van der Waals surface area contributed by atoms with E-state index < -0.39 is 22.2 Å². The third-order valence-electron chi connectivity index (χ3n) is 5.44. The lowest BCUT2D eigenvalue weighted by molar-refractivity contribution is -0.152. The first-order valence-electron chi connectivity index (χ1n) is 11.0. The van der Waals surface area contributed by atoms with E-state index in [9.17, 15) is 18.3 Å². The van der Waals surface area contributed by atoms with Crippen molar-refractivity contribution in [2.45, 2.75) is 38.4 Å². The molecule has 1 aliphatic heterocycles. The fraction of sp³-hybridized carbons (Fsp3) is 0.542. The highest BCUT2D eigenvalue weighted by atomic mass is 32.2. The predicted octanol–water partition coefficient (Wildman–Crippen LogP) is 1.74. The molecule has 0 saturated carbocycles. The van der Waals surface area contributed by atoms with Gasteiger partial charge in [-0.05, 0) is 41.7 Å². The molecule has 0 saturated heterocycles. The molecule has 1 amide bonds. The van der Waals surface area contributed by atoms with Crippen LogP contribution in [0.1, 0.15) is 27.2 Å². The molecule has 0 unspecified atom stereocenters. The SMILES string of the molecule is C#CCNC(=O)C1=C[C@@H](C(C)(C)C)C[C@@H](OCCN(CCO)S(=O)(=O)c2ccc(OC)cc2)O1. The second-order valence-electron chi connectivity index (χ2n) is 8.85. The Hall–Kier alpha value is -2.58. The molecule has 34 heavy (non-hydrogen) atoms. The maximum Gasteiger partial charge on any atom is 0.286 e. The van der Waals surface area contributed by atoms with Crippen molar-refractivity contribution < 1.29 is 32.5 Å². The van der Waals surface area contributed by atoms with E-state index in [1.54, 1.807) is 18.2 Å². The van der Waals surface area contributed by atoms with Gasteiger partial charge in [-0.2, -0.15) is 4.31 Å². The number of aliphatic hydroxyl groups excluding tert-OH is 1. The zero-order chi connectivity index (χ0) is 25.4. The number of carbonyl (C=O) groups is 1. The monoisotopic (exact) mass is 494 g/mol. The fourth-order valence-corrected chi connectivity index (χ4v) is 4.80. The number of ether oxygens (including phenoxy) is 3. The van der Waals surface area contributed by atoms with Crippen LogP contribution in [0.4, 0.5) is 0 Å². The van der Waals surface area contributed by atoms with Crippen molar-refractivity contribution in [3.05, 3.63) is 36.1 Å². The summed E-state index contributed by atoms with van der Waals surface area (Å²) in [6, 6.07) is 6.01. The summed E-state index contributed by atoms with van der Waals surface area (Å²) in [5.41, 5.74) is -0.149. The summed E-state index contributed by atoms with van der Waals surface area (Å²) in [7, 11) is -2.36. The van der Waals surface area contributed by atoms with Gasteiger partial charge in [-0.3, -0.25) is 4.79 Å². The van der Waals surface area contributed by atoms with E-state index in [4.69, 9.17) is 20.6 Å². The molecule has 10 heteroatoms. The Labute approximate surface area is 202 Å². The number of allylic oxidation sites excluding steroid dienone is 1. The van der Waals surface area contributed by atoms with Gasteiger partial charge in [0.2, 0.25) is 16.3 Å². The number of terminal acetylenes is 1. The van der Waals surface area contributed by atoms with E-state index in [1.165, 1.54) is 19.2 Å². The van der Waals surface area contributed by atoms with Crippen LogP contribution in [0.2, 0.25) is 0 Å². The van der Waals surface area contributed by atoms with Gasteiger partial charge < -0.3 is 24.6 Å². The highest BCUT2D eigenvalue weighted by Gasteiger charge is 2.34. The Balaban J connectivity index is 2.08. The van der Waals surface area contributed by atoms with Gasteiger partial charge >= 0.3 is 0 Å². The highest BCUT2D eigenvalue weighted by Crippen LogP contribution is 2.36. The molecule has 0 bridgehead atoms. The largest absolute Gasteiger partial charge is 0.497 e. The number of carbonyl (C=O) groups excluding carboxylic acids is 1. The Kier molecular flexibility index (Phi) is 9.94. The maximum atomic E-state index is 13.0. The molecule has 0 spiro atoms. The molecule has 9 nitrogen and oxygen atoms in total. The topological polar surface area (TPSA) is 114 Å². The number of nitrogens with zero attached hydrogens (tertiary/aromatic N) is 1. The van der Waals surface area contributed by atoms with Crippen LogP contribution in [0.3, 0.4) is 0 Å². The van der Waals surface area contributed by atoms with E-state index in [0.717, 1.165) is 4.31 Å². The lowest BCUT2D eigenvalue weighted by Crippen LogP contribution is -2.39. The number of nitrogens with one attached hydrogen (secondary N) is 1. The van der Waals surface area contributed by atoms with Gasteiger partial charge in [-0.25, -0.2) is 8.42 Å². The molecule has 0 radical (unpaired) electrons. The van der Waals surface area contributed by atoms with Crippen LogP contribution in [0.5, 0.6) is 5.75 Å². The second-order valence-corrected chi connectivity index (χ2v) is 10.8. The molecule has 0 fully saturated rings. The Morgan fingerprint density at radius 3 is 2.53 bits per heavy atom. The predicted molar refractivity (Wildman–Crippen MR) is 127 cm³/mol. The molecular weight excluding hydrogens is 460 g/mol. The molecule has 0 aliphatic carbocycles. The van der Waals surface area contributed by atoms with Gasteiger partial charge in [0.1, 0.15) is 5.75 Å². The van der Waals surface area contributed by atoms with Crippen molar-refractivity contribution in [3.8, 4) is 18.1 Å². The summed E-state index contributed by atoms with van der Waals surface area (Å²) in [5.74, 6) is 2.58. The maximum absolute atomic E-state index is 13.0. The smallest absolute Gasteiger partial charge is 0.286 e. The van der Waals surface area contributed by atoms with Crippen LogP contribution >= 0.6 is 0 Å². The summed E-state index contributed by atoms with van der Waals surface area (Å²) in [5, 5.41) is 12.0. The fourth-order valence-electron chi connectivity index (χ4n) is 3.39. The first-order chi connectivity index (χ1) is 16.0. The number of aliphatic hydroxyl groups is 1. The van der Waals surface area contributed by atoms with Crippen molar-refractivity contribution in [2.75, 3.05) is 40.0 Å². The minimum Gasteiger partial charge on any atom is -0.497 e. The number of methoxy groups -OCH3 is 1. The van der Waals surface area contributed by atoms with Gasteiger partial charge in [0.05, 0.1) is 31.8 Å². The molecule has 1 aromatic carbocycles. The lowest BCUT2D eigenvalue weighted by atomic mass is 9.77. The average molecular weight is 495 g/mol. The van der Waals surface area contributed by atoms with Crippen LogP contribution in [0, 0.1) is 23.7 Å². The molecule has 2 rings (SSSR count). The van der Waals surface area contributed by atoms with Crippen molar-refractivity contribution in [1.82, 2.24) is 9.62 Å². The van der Waals surface area contributed by atoms with Crippen molar-refractivity contribution in [3.63, 3.8) is 0 Å². The number of sulfonamides is 1. The molecule has 0 aromatic heterocycles. The molecule has 188 valence electrons. The van der Waals surface area contributed by atoms with Crippen LogP contribution in [0.15, 0.2) is 41.0 Å². The third kappa shape index (κ3) is 7.46. The summed E-state index contributed by atoms with van der Waals surface area (Å²) in [6.45, 7) is 5.81. The lowest BCUT2D eigenvalue weighted by Gasteiger charge is -2.36. The van der Waals surface area contributed by atoms with Crippen LogP contribution < -0.4 is 10.1 Å². The summed E-state index contributed by atoms with van der Waals surface area (Å²) in [4.78, 5) is 12.5. The quantitative estimate of drug-likeness (QED) is 0.450. The molecule has 1 heterocycles. The minimum atomic E-state index is -3.86. The Bertz CT molecular complexity index is 992. The molecule has 2 atom stereocenters. The zero-order valence-electron chi connectivity index (χ0n) is 20.1. The van der Waals surface area contributed by atoms with E-state index in [-0.39, 0.29) is 54.8 Å². The van der Waals surface area contributed by atoms with E-state index in [2.05, 4.69) is 32.0 Å². The minimum absolute atomic E-state index is 0.00267. The summed E-state index contributed by atoms with van der Waals surface area (Å²) < 4.78 is 43.9. The number of benzene rings is 1. The van der Waals surface area contributed by atoms with Gasteiger partial charge in [0, 0.05) is 19.5 Å². The number of hydrogen-bond acceptors (Lipinski definition) is 7. The van der Waals surface area contributed by atoms with Gasteiger partial charge in [-0.1, -0.05) is 26.7 Å². The molecule has 1 aromatic rings. The van der Waals surface area contributed by atoms with Crippen LogP contribution in [-0.2, 0) is 24.3 Å². The third-order valence-corrected chi connectivity index (χ3v) is 7.35. The van der Waals surface area contributed by atoms with Gasteiger partial charge in [-0.15, -0.1) is 6.42 Å². The van der Waals surface area contributed by atoms with E-state index >= 15 is 0 Å². The summed E-state index contributed by atoms with van der Waals surface area (Å²) in [6.07, 6.45) is 6.75. The molecule has 2 N–H and O–H groups in total. The van der Waals surface area contributed by atoms with Gasteiger partial charge in [0.15, 0.2) is 5.76 Å². The van der Waals surface area contributed by atoms with Crippen molar-refractivity contribution in [1.29, 1.82) is 0 Å². The number of hydrogen-bond donors (Lipinski definition) is 2. The standard InChI is InChI=1S/C24H34N2O7S/c1-6-11-25-23(28)21-16-18(24(2,3)4)17-22(33-21)32-15-13-26(12-14-27)34(29,30)20-9-7-19(31-5)8-10-20/h1,7-10,16,18,22,27H,11-15,17H2,2-5H3,(H,25,28)/t18-,22+/m1/s1. The van der Waals surface area contributed by atoms with E-state index in [0.29, 0.717) is 12.2 Å². The first kappa shape index (κ1) is 27.7. The zero-order valence-corrected chi connectivity index (χ0v) is 20.9. The van der Waals surface area contributed by atoms with Gasteiger partial charge in [0.25, 0.3) is 5.91 Å². The second kappa shape index (κ2) is 12.2. The molecule has 1 aliphatic rings. The highest BCUT2D eigenvalue weighted by molar-refractivity contribution is 7.89. The van der Waals surface area contributed by atoms with Crippen molar-refractivity contribution in [2.24, 2.45) is 11.3 Å². The van der Waals surface area contributed by atoms with E-state index in [1.807, 2.05) is 0 Å². The van der Waals surface area contributed by atoms with Crippen LogP contribution in [0.25, 0.3) is 0 Å². The average Bonchev–Trinajstić information content (AvgIpc) is 2.81. The normalized spacial score (nSPS) is 18.6. The van der Waals surface area contributed by atoms with Crippen LogP contribution in [-0.4, -0.2) is 70.0 Å².